The van der Waals surface area contributed by atoms with E-state index in [9.17, 15) is 31.1 Å². The van der Waals surface area contributed by atoms with E-state index in [0.717, 1.165) is 36.0 Å². The lowest BCUT2D eigenvalue weighted by Gasteiger charge is -2.11. The molecule has 1 aromatic heterocycles. The quantitative estimate of drug-likeness (QED) is 0.113. The van der Waals surface area contributed by atoms with Gasteiger partial charge in [-0.15, -0.1) is 0 Å². The fraction of sp³-hybridized carbons (Fsp3) is 0.200. The Labute approximate surface area is 205 Å². The van der Waals surface area contributed by atoms with Crippen LogP contribution >= 0.6 is 11.8 Å². The minimum absolute atomic E-state index is 0.0369. The zero-order valence-corrected chi connectivity index (χ0v) is 19.5. The first-order valence-corrected chi connectivity index (χ1v) is 11.6. The zero-order valence-electron chi connectivity index (χ0n) is 18.7. The van der Waals surface area contributed by atoms with Crippen LogP contribution in [0.3, 0.4) is 0 Å². The molecular formula is C25H18F6N2O2S. The standard InChI is InChI=1S/C25H18F6N2O2S/c1-2-35-23(34)16-5-8-21-20(11-16)32-24(36-13-15-9-18(26)22(28)19(27)10-15)33(21)12-14-3-6-17(7-4-14)25(29,30)31/h3-11H,2,12-13H2,1H3. The summed E-state index contributed by atoms with van der Waals surface area (Å²) in [6.07, 6.45) is -4.47. The molecule has 0 amide bonds. The van der Waals surface area contributed by atoms with Crippen molar-refractivity contribution in [3.63, 3.8) is 0 Å². The Hall–Kier alpha value is -3.47. The third-order valence-corrected chi connectivity index (χ3v) is 6.31. The molecule has 1 heterocycles. The van der Waals surface area contributed by atoms with Crippen molar-refractivity contribution in [1.82, 2.24) is 9.55 Å². The summed E-state index contributed by atoms with van der Waals surface area (Å²) in [4.78, 5) is 16.7. The summed E-state index contributed by atoms with van der Waals surface area (Å²) >= 11 is 1.10. The number of benzene rings is 3. The molecule has 0 saturated heterocycles. The van der Waals surface area contributed by atoms with Gasteiger partial charge in [0.1, 0.15) is 0 Å². The molecule has 0 atom stereocenters. The smallest absolute Gasteiger partial charge is 0.416 e. The molecule has 0 radical (unpaired) electrons. The first-order chi connectivity index (χ1) is 17.1. The van der Waals surface area contributed by atoms with Gasteiger partial charge < -0.3 is 9.30 Å². The second kappa shape index (κ2) is 10.3. The molecule has 0 bridgehead atoms. The van der Waals surface area contributed by atoms with E-state index in [1.165, 1.54) is 18.2 Å². The van der Waals surface area contributed by atoms with Crippen LogP contribution in [0.1, 0.15) is 34.0 Å². The molecule has 11 heteroatoms. The maximum absolute atomic E-state index is 13.6. The number of alkyl halides is 3. The molecule has 0 saturated carbocycles. The van der Waals surface area contributed by atoms with Crippen LogP contribution in [0.15, 0.2) is 59.8 Å². The monoisotopic (exact) mass is 524 g/mol. The Morgan fingerprint density at radius 1 is 0.972 bits per heavy atom. The van der Waals surface area contributed by atoms with E-state index in [1.807, 2.05) is 0 Å². The Morgan fingerprint density at radius 3 is 2.25 bits per heavy atom. The summed E-state index contributed by atoms with van der Waals surface area (Å²) in [6.45, 7) is 2.00. The van der Waals surface area contributed by atoms with Gasteiger partial charge in [0.2, 0.25) is 0 Å². The van der Waals surface area contributed by atoms with Crippen LogP contribution in [0.25, 0.3) is 11.0 Å². The van der Waals surface area contributed by atoms with Gasteiger partial charge in [0, 0.05) is 5.75 Å². The van der Waals surface area contributed by atoms with Gasteiger partial charge in [-0.2, -0.15) is 13.2 Å². The van der Waals surface area contributed by atoms with Gasteiger partial charge in [-0.05, 0) is 60.5 Å². The van der Waals surface area contributed by atoms with Crippen LogP contribution in [-0.4, -0.2) is 22.1 Å². The molecule has 188 valence electrons. The van der Waals surface area contributed by atoms with Gasteiger partial charge in [-0.3, -0.25) is 0 Å². The van der Waals surface area contributed by atoms with Crippen LogP contribution in [0.4, 0.5) is 26.3 Å². The number of carbonyl (C=O) groups is 1. The minimum Gasteiger partial charge on any atom is -0.462 e. The van der Waals surface area contributed by atoms with Crippen molar-refractivity contribution in [2.45, 2.75) is 30.6 Å². The summed E-state index contributed by atoms with van der Waals surface area (Å²) < 4.78 is 86.1. The normalized spacial score (nSPS) is 11.8. The van der Waals surface area contributed by atoms with Gasteiger partial charge in [0.05, 0.1) is 35.3 Å². The van der Waals surface area contributed by atoms with Crippen LogP contribution in [0, 0.1) is 17.5 Å². The highest BCUT2D eigenvalue weighted by molar-refractivity contribution is 7.98. The van der Waals surface area contributed by atoms with Gasteiger partial charge in [-0.25, -0.2) is 22.9 Å². The van der Waals surface area contributed by atoms with E-state index in [0.29, 0.717) is 21.8 Å². The number of nitrogens with zero attached hydrogens (tertiary/aromatic N) is 2. The summed E-state index contributed by atoms with van der Waals surface area (Å²) in [5.74, 6) is -4.70. The van der Waals surface area contributed by atoms with Crippen LogP contribution < -0.4 is 0 Å². The summed E-state index contributed by atoms with van der Waals surface area (Å²) in [5, 5.41) is 0.385. The van der Waals surface area contributed by atoms with Crippen molar-refractivity contribution in [2.24, 2.45) is 0 Å². The summed E-state index contributed by atoms with van der Waals surface area (Å²) in [5.41, 5.74) is 1.22. The zero-order chi connectivity index (χ0) is 26.0. The van der Waals surface area contributed by atoms with Crippen molar-refractivity contribution in [2.75, 3.05) is 6.61 Å². The second-order valence-corrected chi connectivity index (χ2v) is 8.70. The topological polar surface area (TPSA) is 44.1 Å². The Kier molecular flexibility index (Phi) is 7.30. The SMILES string of the molecule is CCOC(=O)c1ccc2c(c1)nc(SCc1cc(F)c(F)c(F)c1)n2Cc1ccc(C(F)(F)F)cc1. The molecule has 0 aliphatic rings. The first-order valence-electron chi connectivity index (χ1n) is 10.7. The predicted octanol–water partition coefficient (Wildman–Crippen LogP) is 6.99. The molecule has 0 spiro atoms. The number of imidazole rings is 1. The number of fused-ring (bicyclic) bond motifs is 1. The minimum atomic E-state index is -4.47. The highest BCUT2D eigenvalue weighted by Crippen LogP contribution is 2.31. The maximum atomic E-state index is 13.6. The fourth-order valence-corrected chi connectivity index (χ4v) is 4.48. The Balaban J connectivity index is 1.70. The van der Waals surface area contributed by atoms with E-state index >= 15 is 0 Å². The van der Waals surface area contributed by atoms with Crippen LogP contribution in [-0.2, 0) is 23.2 Å². The molecule has 0 aliphatic heterocycles. The lowest BCUT2D eigenvalue weighted by Crippen LogP contribution is -2.06. The fourth-order valence-electron chi connectivity index (χ4n) is 3.53. The summed E-state index contributed by atoms with van der Waals surface area (Å²) in [7, 11) is 0. The van der Waals surface area contributed by atoms with E-state index in [1.54, 1.807) is 23.6 Å². The van der Waals surface area contributed by atoms with Crippen LogP contribution in [0.2, 0.25) is 0 Å². The molecule has 36 heavy (non-hydrogen) atoms. The summed E-state index contributed by atoms with van der Waals surface area (Å²) in [6, 6.07) is 11.1. The van der Waals surface area contributed by atoms with Gasteiger partial charge in [0.15, 0.2) is 22.6 Å². The average Bonchev–Trinajstić information content (AvgIpc) is 3.17. The van der Waals surface area contributed by atoms with Gasteiger partial charge in [0.25, 0.3) is 0 Å². The predicted molar refractivity (Wildman–Crippen MR) is 122 cm³/mol. The second-order valence-electron chi connectivity index (χ2n) is 7.76. The van der Waals surface area contributed by atoms with E-state index in [-0.39, 0.29) is 30.0 Å². The molecule has 0 unspecified atom stereocenters. The van der Waals surface area contributed by atoms with Crippen molar-refractivity contribution in [3.05, 3.63) is 94.3 Å². The number of aromatic nitrogens is 2. The third kappa shape index (κ3) is 5.51. The maximum Gasteiger partial charge on any atom is 0.416 e. The highest BCUT2D eigenvalue weighted by atomic mass is 32.2. The van der Waals surface area contributed by atoms with Crippen molar-refractivity contribution in [3.8, 4) is 0 Å². The van der Waals surface area contributed by atoms with E-state index in [2.05, 4.69) is 4.98 Å². The molecule has 4 aromatic rings. The number of hydrogen-bond acceptors (Lipinski definition) is 4. The number of halogens is 6. The number of ether oxygens (including phenoxy) is 1. The number of thioether (sulfide) groups is 1. The van der Waals surface area contributed by atoms with Crippen LogP contribution in [0.5, 0.6) is 0 Å². The molecule has 4 rings (SSSR count). The number of rotatable bonds is 7. The number of carbonyl (C=O) groups excluding carboxylic acids is 1. The molecule has 0 N–H and O–H groups in total. The first kappa shape index (κ1) is 25.6. The van der Waals surface area contributed by atoms with Crippen molar-refractivity contribution < 1.29 is 35.9 Å². The third-order valence-electron chi connectivity index (χ3n) is 5.26. The molecule has 4 nitrogen and oxygen atoms in total. The molecule has 0 aliphatic carbocycles. The molecular weight excluding hydrogens is 506 g/mol. The largest absolute Gasteiger partial charge is 0.462 e. The number of hydrogen-bond donors (Lipinski definition) is 0. The van der Waals surface area contributed by atoms with Gasteiger partial charge in [-0.1, -0.05) is 23.9 Å². The molecule has 3 aromatic carbocycles. The lowest BCUT2D eigenvalue weighted by molar-refractivity contribution is -0.137. The Morgan fingerprint density at radius 2 is 1.64 bits per heavy atom. The highest BCUT2D eigenvalue weighted by Gasteiger charge is 2.30. The van der Waals surface area contributed by atoms with Crippen molar-refractivity contribution in [1.29, 1.82) is 0 Å². The average molecular weight is 524 g/mol. The Bertz CT molecular complexity index is 1390. The van der Waals surface area contributed by atoms with Gasteiger partial charge >= 0.3 is 12.1 Å². The lowest BCUT2D eigenvalue weighted by atomic mass is 10.1. The van der Waals surface area contributed by atoms with E-state index < -0.39 is 35.2 Å². The van der Waals surface area contributed by atoms with Crippen molar-refractivity contribution >= 4 is 28.8 Å². The molecule has 0 fully saturated rings. The van der Waals surface area contributed by atoms with E-state index in [4.69, 9.17) is 4.74 Å². The number of esters is 1.